The van der Waals surface area contributed by atoms with Crippen molar-refractivity contribution >= 4 is 55.6 Å². The van der Waals surface area contributed by atoms with E-state index in [9.17, 15) is 4.79 Å². The molecule has 23 heavy (non-hydrogen) atoms. The Bertz CT molecular complexity index is 1060. The third kappa shape index (κ3) is 2.37. The molecule has 0 radical (unpaired) electrons. The zero-order chi connectivity index (χ0) is 15.8. The van der Waals surface area contributed by atoms with Gasteiger partial charge in [0.25, 0.3) is 0 Å². The lowest BCUT2D eigenvalue weighted by molar-refractivity contribution is -0.113. The Morgan fingerprint density at radius 3 is 2.52 bits per heavy atom. The van der Waals surface area contributed by atoms with Gasteiger partial charge in [-0.15, -0.1) is 11.6 Å². The topological polar surface area (TPSA) is 54.9 Å². The normalized spacial score (nSPS) is 11.2. The number of aromatic nitrogens is 2. The number of hydrogen-bond donors (Lipinski definition) is 1. The molecular formula is C18H12ClN3O. The molecule has 5 heteroatoms. The van der Waals surface area contributed by atoms with Crippen molar-refractivity contribution in [2.45, 2.75) is 0 Å². The van der Waals surface area contributed by atoms with Crippen molar-refractivity contribution < 1.29 is 4.79 Å². The van der Waals surface area contributed by atoms with E-state index in [2.05, 4.69) is 33.5 Å². The summed E-state index contributed by atoms with van der Waals surface area (Å²) in [5.41, 5.74) is 1.50. The summed E-state index contributed by atoms with van der Waals surface area (Å²) in [6.07, 6.45) is 3.30. The van der Waals surface area contributed by atoms with Crippen molar-refractivity contribution in [2.75, 3.05) is 11.2 Å². The van der Waals surface area contributed by atoms with Gasteiger partial charge in [0.1, 0.15) is 12.2 Å². The van der Waals surface area contributed by atoms with Gasteiger partial charge in [-0.2, -0.15) is 0 Å². The van der Waals surface area contributed by atoms with E-state index in [1.807, 2.05) is 24.3 Å². The fourth-order valence-corrected chi connectivity index (χ4v) is 2.92. The van der Waals surface area contributed by atoms with Crippen molar-refractivity contribution in [3.63, 3.8) is 0 Å². The third-order valence-electron chi connectivity index (χ3n) is 3.89. The first-order valence-electron chi connectivity index (χ1n) is 7.17. The second kappa shape index (κ2) is 5.48. The summed E-state index contributed by atoms with van der Waals surface area (Å²) in [5, 5.41) is 8.01. The average molecular weight is 322 g/mol. The molecule has 0 aliphatic rings. The minimum atomic E-state index is -0.241. The first kappa shape index (κ1) is 13.9. The third-order valence-corrected chi connectivity index (χ3v) is 4.13. The summed E-state index contributed by atoms with van der Waals surface area (Å²) < 4.78 is 0. The van der Waals surface area contributed by atoms with Gasteiger partial charge in [0.2, 0.25) is 5.91 Å². The number of rotatable bonds is 2. The Morgan fingerprint density at radius 1 is 1.04 bits per heavy atom. The SMILES string of the molecule is O=C(CCl)Nc1cc2ncncc2c2cc3ccccc3cc12. The van der Waals surface area contributed by atoms with Gasteiger partial charge < -0.3 is 5.32 Å². The molecule has 3 aromatic carbocycles. The summed E-state index contributed by atoms with van der Waals surface area (Å²) in [6, 6.07) is 14.1. The maximum atomic E-state index is 11.7. The number of carbonyl (C=O) groups is 1. The minimum Gasteiger partial charge on any atom is -0.324 e. The number of halogens is 1. The van der Waals surface area contributed by atoms with Crippen molar-refractivity contribution in [3.8, 4) is 0 Å². The largest absolute Gasteiger partial charge is 0.324 e. The van der Waals surface area contributed by atoms with Crippen molar-refractivity contribution in [3.05, 3.63) is 55.0 Å². The van der Waals surface area contributed by atoms with E-state index >= 15 is 0 Å². The molecule has 112 valence electrons. The van der Waals surface area contributed by atoms with E-state index in [1.54, 1.807) is 6.20 Å². The summed E-state index contributed by atoms with van der Waals surface area (Å²) in [4.78, 5) is 20.2. The van der Waals surface area contributed by atoms with Crippen LogP contribution in [0.25, 0.3) is 32.4 Å². The Hall–Kier alpha value is -2.72. The lowest BCUT2D eigenvalue weighted by Gasteiger charge is -2.12. The molecule has 1 aromatic heterocycles. The maximum absolute atomic E-state index is 11.7. The van der Waals surface area contributed by atoms with Crippen LogP contribution in [-0.4, -0.2) is 21.8 Å². The minimum absolute atomic E-state index is 0.0864. The molecule has 0 saturated heterocycles. The molecule has 0 aliphatic heterocycles. The molecule has 0 aliphatic carbocycles. The summed E-state index contributed by atoms with van der Waals surface area (Å²) in [7, 11) is 0. The van der Waals surface area contributed by atoms with Crippen LogP contribution in [0.15, 0.2) is 55.0 Å². The van der Waals surface area contributed by atoms with Crippen LogP contribution in [0.3, 0.4) is 0 Å². The number of nitrogens with zero attached hydrogens (tertiary/aromatic N) is 2. The Kier molecular flexibility index (Phi) is 3.32. The molecule has 1 amide bonds. The zero-order valence-corrected chi connectivity index (χ0v) is 12.8. The number of hydrogen-bond acceptors (Lipinski definition) is 3. The van der Waals surface area contributed by atoms with Crippen LogP contribution in [0.2, 0.25) is 0 Å². The van der Waals surface area contributed by atoms with Gasteiger partial charge >= 0.3 is 0 Å². The number of alkyl halides is 1. The van der Waals surface area contributed by atoms with Crippen LogP contribution in [-0.2, 0) is 4.79 Å². The quantitative estimate of drug-likeness (QED) is 0.343. The lowest BCUT2D eigenvalue weighted by Crippen LogP contribution is -2.12. The van der Waals surface area contributed by atoms with E-state index in [4.69, 9.17) is 11.6 Å². The molecule has 1 heterocycles. The average Bonchev–Trinajstić information content (AvgIpc) is 2.60. The van der Waals surface area contributed by atoms with Gasteiger partial charge in [-0.25, -0.2) is 9.97 Å². The predicted octanol–water partition coefficient (Wildman–Crippen LogP) is 4.11. The maximum Gasteiger partial charge on any atom is 0.239 e. The monoisotopic (exact) mass is 321 g/mol. The molecule has 4 aromatic rings. The zero-order valence-electron chi connectivity index (χ0n) is 12.1. The predicted molar refractivity (Wildman–Crippen MR) is 93.9 cm³/mol. The molecule has 0 spiro atoms. The van der Waals surface area contributed by atoms with Crippen molar-refractivity contribution in [1.29, 1.82) is 0 Å². The van der Waals surface area contributed by atoms with E-state index in [-0.39, 0.29) is 11.8 Å². The molecule has 0 saturated carbocycles. The van der Waals surface area contributed by atoms with Crippen LogP contribution in [0.1, 0.15) is 0 Å². The smallest absolute Gasteiger partial charge is 0.239 e. The molecule has 0 fully saturated rings. The van der Waals surface area contributed by atoms with E-state index in [1.165, 1.54) is 6.33 Å². The molecular weight excluding hydrogens is 310 g/mol. The summed E-state index contributed by atoms with van der Waals surface area (Å²) >= 11 is 5.63. The molecule has 0 unspecified atom stereocenters. The van der Waals surface area contributed by atoms with Gasteiger partial charge in [0.05, 0.1) is 11.2 Å². The van der Waals surface area contributed by atoms with Crippen LogP contribution >= 0.6 is 11.6 Å². The number of anilines is 1. The number of fused-ring (bicyclic) bond motifs is 4. The number of amides is 1. The lowest BCUT2D eigenvalue weighted by atomic mass is 9.99. The van der Waals surface area contributed by atoms with Crippen LogP contribution in [0, 0.1) is 0 Å². The van der Waals surface area contributed by atoms with Gasteiger partial charge in [0.15, 0.2) is 0 Å². The van der Waals surface area contributed by atoms with Crippen LogP contribution < -0.4 is 5.32 Å². The van der Waals surface area contributed by atoms with Crippen molar-refractivity contribution in [2.24, 2.45) is 0 Å². The highest BCUT2D eigenvalue weighted by Gasteiger charge is 2.11. The van der Waals surface area contributed by atoms with Crippen LogP contribution in [0.5, 0.6) is 0 Å². The second-order valence-electron chi connectivity index (χ2n) is 5.31. The van der Waals surface area contributed by atoms with Gasteiger partial charge in [-0.1, -0.05) is 24.3 Å². The molecule has 4 nitrogen and oxygen atoms in total. The standard InChI is InChI=1S/C18H12ClN3O/c19-8-18(23)22-17-7-16-15(9-20-10-21-16)13-5-11-3-1-2-4-12(11)6-14(13)17/h1-7,9-10H,8H2,(H,22,23). The molecule has 0 atom stereocenters. The number of carbonyl (C=O) groups excluding carboxylic acids is 1. The highest BCUT2D eigenvalue weighted by molar-refractivity contribution is 6.30. The van der Waals surface area contributed by atoms with Gasteiger partial charge in [-0.05, 0) is 34.4 Å². The van der Waals surface area contributed by atoms with Crippen molar-refractivity contribution in [1.82, 2.24) is 9.97 Å². The molecule has 0 bridgehead atoms. The van der Waals surface area contributed by atoms with E-state index < -0.39 is 0 Å². The molecule has 1 N–H and O–H groups in total. The second-order valence-corrected chi connectivity index (χ2v) is 5.57. The highest BCUT2D eigenvalue weighted by atomic mass is 35.5. The first-order chi connectivity index (χ1) is 11.3. The summed E-state index contributed by atoms with van der Waals surface area (Å²) in [6.45, 7) is 0. The van der Waals surface area contributed by atoms with E-state index in [0.717, 1.165) is 32.4 Å². The summed E-state index contributed by atoms with van der Waals surface area (Å²) in [5.74, 6) is -0.328. The van der Waals surface area contributed by atoms with Crippen LogP contribution in [0.4, 0.5) is 5.69 Å². The van der Waals surface area contributed by atoms with Gasteiger partial charge in [-0.3, -0.25) is 4.79 Å². The number of benzene rings is 3. The Balaban J connectivity index is 2.13. The fraction of sp³-hybridized carbons (Fsp3) is 0.0556. The fourth-order valence-electron chi connectivity index (χ4n) is 2.85. The number of nitrogens with one attached hydrogen (secondary N) is 1. The van der Waals surface area contributed by atoms with E-state index in [0.29, 0.717) is 5.69 Å². The van der Waals surface area contributed by atoms with Gasteiger partial charge in [0, 0.05) is 17.0 Å². The Labute approximate surface area is 137 Å². The highest BCUT2D eigenvalue weighted by Crippen LogP contribution is 2.33. The first-order valence-corrected chi connectivity index (χ1v) is 7.71. The Morgan fingerprint density at radius 2 is 1.78 bits per heavy atom. The molecule has 4 rings (SSSR count).